The van der Waals surface area contributed by atoms with Crippen molar-refractivity contribution in [3.8, 4) is 0 Å². The Hall–Kier alpha value is -1.25. The molecule has 0 aliphatic heterocycles. The van der Waals surface area contributed by atoms with Gasteiger partial charge in [0.1, 0.15) is 0 Å². The summed E-state index contributed by atoms with van der Waals surface area (Å²) >= 11 is 0. The maximum Gasteiger partial charge on any atom is 0.0547 e. The smallest absolute Gasteiger partial charge is 0.0547 e. The molecule has 0 spiro atoms. The van der Waals surface area contributed by atoms with Gasteiger partial charge in [0.25, 0.3) is 0 Å². The van der Waals surface area contributed by atoms with Gasteiger partial charge in [0.2, 0.25) is 0 Å². The van der Waals surface area contributed by atoms with Crippen LogP contribution in [0.25, 0.3) is 0 Å². The summed E-state index contributed by atoms with van der Waals surface area (Å²) in [6, 6.07) is 2.11. The summed E-state index contributed by atoms with van der Waals surface area (Å²) in [6.45, 7) is 1.09. The minimum atomic E-state index is 0.854. The second-order valence-electron chi connectivity index (χ2n) is 4.60. The molecule has 0 unspecified atom stereocenters. The van der Waals surface area contributed by atoms with Crippen LogP contribution in [0.1, 0.15) is 32.1 Å². The molecule has 1 aromatic rings. The molecule has 1 heterocycles. The van der Waals surface area contributed by atoms with Crippen LogP contribution in [-0.4, -0.2) is 18.6 Å². The zero-order chi connectivity index (χ0) is 11.2. The molecule has 16 heavy (non-hydrogen) atoms. The lowest BCUT2D eigenvalue weighted by atomic mass is 9.89. The van der Waals surface area contributed by atoms with E-state index < -0.39 is 0 Å². The lowest BCUT2D eigenvalue weighted by molar-refractivity contribution is 0.373. The number of aromatic nitrogens is 1. The third kappa shape index (κ3) is 3.12. The Morgan fingerprint density at radius 1 is 1.19 bits per heavy atom. The van der Waals surface area contributed by atoms with E-state index in [9.17, 15) is 0 Å². The molecule has 0 aromatic carbocycles. The number of pyridine rings is 1. The van der Waals surface area contributed by atoms with E-state index in [2.05, 4.69) is 21.7 Å². The second-order valence-corrected chi connectivity index (χ2v) is 4.60. The molecule has 0 radical (unpaired) electrons. The van der Waals surface area contributed by atoms with Crippen LogP contribution in [0, 0.1) is 5.92 Å². The Balaban J connectivity index is 1.83. The maximum absolute atomic E-state index is 4.19. The number of hydrogen-bond donors (Lipinski definition) is 2. The van der Waals surface area contributed by atoms with Crippen molar-refractivity contribution >= 4 is 11.4 Å². The van der Waals surface area contributed by atoms with Gasteiger partial charge in [-0.15, -0.1) is 0 Å². The van der Waals surface area contributed by atoms with E-state index in [1.807, 2.05) is 19.4 Å². The van der Waals surface area contributed by atoms with Crippen LogP contribution >= 0.6 is 0 Å². The van der Waals surface area contributed by atoms with Crippen molar-refractivity contribution in [2.24, 2.45) is 5.92 Å². The Morgan fingerprint density at radius 2 is 1.94 bits per heavy atom. The van der Waals surface area contributed by atoms with Crippen LogP contribution in [0.2, 0.25) is 0 Å². The van der Waals surface area contributed by atoms with E-state index in [1.165, 1.54) is 32.1 Å². The molecule has 0 saturated heterocycles. The summed E-state index contributed by atoms with van der Waals surface area (Å²) in [5, 5.41) is 6.59. The Kier molecular flexibility index (Phi) is 4.03. The standard InChI is InChI=1S/C13H21N3/c1-14-12-7-13(10-15-9-12)16-8-11-5-3-2-4-6-11/h7,9-11,14,16H,2-6,8H2,1H3. The van der Waals surface area contributed by atoms with Crippen molar-refractivity contribution in [3.63, 3.8) is 0 Å². The molecular formula is C13H21N3. The van der Waals surface area contributed by atoms with Gasteiger partial charge in [-0.05, 0) is 24.8 Å². The van der Waals surface area contributed by atoms with Crippen LogP contribution in [0.4, 0.5) is 11.4 Å². The predicted molar refractivity (Wildman–Crippen MR) is 68.8 cm³/mol. The van der Waals surface area contributed by atoms with Crippen molar-refractivity contribution in [1.82, 2.24) is 4.98 Å². The molecular weight excluding hydrogens is 198 g/mol. The summed E-state index contributed by atoms with van der Waals surface area (Å²) in [6.07, 6.45) is 10.7. The fraction of sp³-hybridized carbons (Fsp3) is 0.615. The molecule has 0 amide bonds. The summed E-state index contributed by atoms with van der Waals surface area (Å²) < 4.78 is 0. The Labute approximate surface area is 97.7 Å². The minimum Gasteiger partial charge on any atom is -0.387 e. The van der Waals surface area contributed by atoms with Gasteiger partial charge in [0.15, 0.2) is 0 Å². The molecule has 88 valence electrons. The average molecular weight is 219 g/mol. The number of hydrogen-bond acceptors (Lipinski definition) is 3. The fourth-order valence-corrected chi connectivity index (χ4v) is 2.33. The summed E-state index contributed by atoms with van der Waals surface area (Å²) in [4.78, 5) is 4.19. The molecule has 3 heteroatoms. The third-order valence-electron chi connectivity index (χ3n) is 3.35. The first-order valence-electron chi connectivity index (χ1n) is 6.25. The van der Waals surface area contributed by atoms with Crippen molar-refractivity contribution in [3.05, 3.63) is 18.5 Å². The molecule has 1 aliphatic carbocycles. The average Bonchev–Trinajstić information content (AvgIpc) is 2.38. The first-order valence-corrected chi connectivity index (χ1v) is 6.25. The van der Waals surface area contributed by atoms with E-state index in [4.69, 9.17) is 0 Å². The van der Waals surface area contributed by atoms with Gasteiger partial charge in [-0.2, -0.15) is 0 Å². The molecule has 2 rings (SSSR count). The Morgan fingerprint density at radius 3 is 2.69 bits per heavy atom. The van der Waals surface area contributed by atoms with Crippen LogP contribution in [0.5, 0.6) is 0 Å². The van der Waals surface area contributed by atoms with E-state index in [-0.39, 0.29) is 0 Å². The number of nitrogens with one attached hydrogen (secondary N) is 2. The summed E-state index contributed by atoms with van der Waals surface area (Å²) in [7, 11) is 1.92. The predicted octanol–water partition coefficient (Wildman–Crippen LogP) is 3.12. The van der Waals surface area contributed by atoms with Crippen molar-refractivity contribution < 1.29 is 0 Å². The van der Waals surface area contributed by atoms with Crippen molar-refractivity contribution in [2.45, 2.75) is 32.1 Å². The second kappa shape index (κ2) is 5.73. The highest BCUT2D eigenvalue weighted by Crippen LogP contribution is 2.24. The number of rotatable bonds is 4. The van der Waals surface area contributed by atoms with E-state index >= 15 is 0 Å². The van der Waals surface area contributed by atoms with E-state index in [0.29, 0.717) is 0 Å². The fourth-order valence-electron chi connectivity index (χ4n) is 2.33. The maximum atomic E-state index is 4.19. The van der Waals surface area contributed by atoms with E-state index in [1.54, 1.807) is 0 Å². The number of nitrogens with zero attached hydrogens (tertiary/aromatic N) is 1. The molecule has 0 bridgehead atoms. The topological polar surface area (TPSA) is 37.0 Å². The quantitative estimate of drug-likeness (QED) is 0.817. The highest BCUT2D eigenvalue weighted by atomic mass is 14.9. The highest BCUT2D eigenvalue weighted by molar-refractivity contribution is 5.53. The van der Waals surface area contributed by atoms with Crippen LogP contribution in [0.3, 0.4) is 0 Å². The number of anilines is 2. The molecule has 1 fully saturated rings. The normalized spacial score (nSPS) is 17.1. The molecule has 1 aromatic heterocycles. The third-order valence-corrected chi connectivity index (χ3v) is 3.35. The molecule has 3 nitrogen and oxygen atoms in total. The van der Waals surface area contributed by atoms with Crippen molar-refractivity contribution in [1.29, 1.82) is 0 Å². The Bertz CT molecular complexity index is 319. The van der Waals surface area contributed by atoms with Crippen LogP contribution < -0.4 is 10.6 Å². The van der Waals surface area contributed by atoms with Gasteiger partial charge in [-0.1, -0.05) is 19.3 Å². The first-order chi connectivity index (χ1) is 7.88. The largest absolute Gasteiger partial charge is 0.387 e. The first kappa shape index (κ1) is 11.2. The van der Waals surface area contributed by atoms with Crippen LogP contribution in [-0.2, 0) is 0 Å². The zero-order valence-corrected chi connectivity index (χ0v) is 10.00. The summed E-state index contributed by atoms with van der Waals surface area (Å²) in [5.74, 6) is 0.854. The van der Waals surface area contributed by atoms with Gasteiger partial charge >= 0.3 is 0 Å². The SMILES string of the molecule is CNc1cncc(NCC2CCCCC2)c1. The van der Waals surface area contributed by atoms with Crippen molar-refractivity contribution in [2.75, 3.05) is 24.2 Å². The minimum absolute atomic E-state index is 0.854. The summed E-state index contributed by atoms with van der Waals surface area (Å²) in [5.41, 5.74) is 2.19. The molecule has 0 atom stereocenters. The van der Waals surface area contributed by atoms with Gasteiger partial charge < -0.3 is 10.6 Å². The van der Waals surface area contributed by atoms with Crippen LogP contribution in [0.15, 0.2) is 18.5 Å². The van der Waals surface area contributed by atoms with Gasteiger partial charge in [-0.3, -0.25) is 4.98 Å². The molecule has 2 N–H and O–H groups in total. The van der Waals surface area contributed by atoms with Gasteiger partial charge in [-0.25, -0.2) is 0 Å². The monoisotopic (exact) mass is 219 g/mol. The van der Waals surface area contributed by atoms with Gasteiger partial charge in [0.05, 0.1) is 23.8 Å². The molecule has 1 aliphatic rings. The highest BCUT2D eigenvalue weighted by Gasteiger charge is 2.12. The van der Waals surface area contributed by atoms with E-state index in [0.717, 1.165) is 23.8 Å². The lowest BCUT2D eigenvalue weighted by Crippen LogP contribution is -2.17. The zero-order valence-electron chi connectivity index (χ0n) is 10.00. The van der Waals surface area contributed by atoms with Gasteiger partial charge in [0, 0.05) is 13.6 Å². The lowest BCUT2D eigenvalue weighted by Gasteiger charge is -2.22. The molecule has 1 saturated carbocycles.